The van der Waals surface area contributed by atoms with Gasteiger partial charge in [-0.3, -0.25) is 4.79 Å². The number of pyridine rings is 1. The number of carbonyl (C=O) groups is 1. The van der Waals surface area contributed by atoms with Crippen molar-refractivity contribution in [1.29, 1.82) is 0 Å². The summed E-state index contributed by atoms with van der Waals surface area (Å²) in [6, 6.07) is 2.40. The van der Waals surface area contributed by atoms with E-state index in [9.17, 15) is 4.79 Å². The summed E-state index contributed by atoms with van der Waals surface area (Å²) >= 11 is 0. The Morgan fingerprint density at radius 3 is 2.88 bits per heavy atom. The molecule has 17 heavy (non-hydrogen) atoms. The van der Waals surface area contributed by atoms with Gasteiger partial charge in [-0.25, -0.2) is 4.98 Å². The van der Waals surface area contributed by atoms with Gasteiger partial charge >= 0.3 is 0 Å². The first-order valence-electron chi connectivity index (χ1n) is 4.95. The molecule has 1 aromatic rings. The first kappa shape index (κ1) is 12.0. The Morgan fingerprint density at radius 2 is 2.24 bits per heavy atom. The molecule has 0 aromatic carbocycles. The summed E-state index contributed by atoms with van der Waals surface area (Å²) in [6.07, 6.45) is 1.48. The van der Waals surface area contributed by atoms with Crippen molar-refractivity contribution in [1.82, 2.24) is 4.98 Å². The average molecular weight is 223 g/mol. The minimum absolute atomic E-state index is 0.0180. The van der Waals surface area contributed by atoms with Crippen molar-refractivity contribution in [2.24, 2.45) is 5.73 Å². The van der Waals surface area contributed by atoms with Gasteiger partial charge in [-0.15, -0.1) is 0 Å². The summed E-state index contributed by atoms with van der Waals surface area (Å²) in [6.45, 7) is 0.0180. The van der Waals surface area contributed by atoms with Crippen LogP contribution in [-0.2, 0) is 4.79 Å². The first-order chi connectivity index (χ1) is 7.91. The number of rotatable bonds is 1. The number of nitrogens with two attached hydrogens (primary N) is 1. The Labute approximate surface area is 103 Å². The van der Waals surface area contributed by atoms with Gasteiger partial charge in [0.2, 0.25) is 5.91 Å². The summed E-state index contributed by atoms with van der Waals surface area (Å²) in [5, 5.41) is -1.88. The molecule has 0 unspecified atom stereocenters. The van der Waals surface area contributed by atoms with Crippen molar-refractivity contribution in [3.05, 3.63) is 18.3 Å². The van der Waals surface area contributed by atoms with E-state index in [-0.39, 0.29) is 12.4 Å². The number of aromatic nitrogens is 1. The van der Waals surface area contributed by atoms with Crippen LogP contribution in [0.1, 0.15) is 0 Å². The SMILES string of the molecule is [B]C([B])([B])N1C(=O)[C@@H](N)COc2cccnc21. The highest BCUT2D eigenvalue weighted by atomic mass is 16.5. The molecule has 8 heteroatoms. The number of nitrogens with zero attached hydrogens (tertiary/aromatic N) is 2. The Balaban J connectivity index is 2.55. The standard InChI is InChI=1S/C9H8B3N3O2/c10-9(11,12)15-7-6(2-1-3-14-7)17-4-5(13)8(15)16/h1-3,5H,4,13H2/t5-/m0/s1. The molecule has 0 aliphatic carbocycles. The molecule has 0 fully saturated rings. The Morgan fingerprint density at radius 1 is 1.53 bits per heavy atom. The largest absolute Gasteiger partial charge is 0.488 e. The molecule has 0 saturated carbocycles. The molecular formula is C9H8B3N3O2. The molecular weight excluding hydrogens is 215 g/mol. The van der Waals surface area contributed by atoms with E-state index in [0.29, 0.717) is 5.75 Å². The molecule has 2 rings (SSSR count). The maximum absolute atomic E-state index is 12.0. The molecule has 0 bridgehead atoms. The molecule has 0 spiro atoms. The Hall–Kier alpha value is -1.43. The zero-order valence-electron chi connectivity index (χ0n) is 9.04. The lowest BCUT2D eigenvalue weighted by Crippen LogP contribution is -2.58. The van der Waals surface area contributed by atoms with E-state index in [1.807, 2.05) is 0 Å². The second-order valence-corrected chi connectivity index (χ2v) is 3.80. The lowest BCUT2D eigenvalue weighted by atomic mass is 9.48. The van der Waals surface area contributed by atoms with Gasteiger partial charge in [0.05, 0.1) is 23.5 Å². The molecule has 1 amide bonds. The van der Waals surface area contributed by atoms with Crippen molar-refractivity contribution >= 4 is 35.3 Å². The van der Waals surface area contributed by atoms with Crippen LogP contribution in [0.3, 0.4) is 0 Å². The third kappa shape index (κ3) is 2.17. The van der Waals surface area contributed by atoms with Crippen LogP contribution in [0.4, 0.5) is 5.82 Å². The topological polar surface area (TPSA) is 68.5 Å². The summed E-state index contributed by atoms with van der Waals surface area (Å²) in [4.78, 5) is 16.9. The van der Waals surface area contributed by atoms with E-state index in [0.717, 1.165) is 4.90 Å². The lowest BCUT2D eigenvalue weighted by molar-refractivity contribution is -0.120. The number of fused-ring (bicyclic) bond motifs is 1. The molecule has 1 aliphatic rings. The van der Waals surface area contributed by atoms with Gasteiger partial charge in [0.25, 0.3) is 0 Å². The van der Waals surface area contributed by atoms with Gasteiger partial charge < -0.3 is 15.4 Å². The molecule has 6 radical (unpaired) electrons. The maximum Gasteiger partial charge on any atom is 0.247 e. The molecule has 1 atom stereocenters. The van der Waals surface area contributed by atoms with E-state index in [4.69, 9.17) is 34.0 Å². The number of hydrogen-bond acceptors (Lipinski definition) is 4. The molecule has 0 saturated heterocycles. The van der Waals surface area contributed by atoms with Crippen LogP contribution in [0.5, 0.6) is 5.75 Å². The highest BCUT2D eigenvalue weighted by Crippen LogP contribution is 2.30. The smallest absolute Gasteiger partial charge is 0.247 e. The molecule has 80 valence electrons. The summed E-state index contributed by atoms with van der Waals surface area (Å²) in [7, 11) is 16.7. The number of anilines is 1. The van der Waals surface area contributed by atoms with Crippen molar-refractivity contribution in [2.45, 2.75) is 11.3 Å². The Bertz CT molecular complexity index is 449. The predicted molar refractivity (Wildman–Crippen MR) is 65.2 cm³/mol. The van der Waals surface area contributed by atoms with E-state index < -0.39 is 17.2 Å². The Kier molecular flexibility index (Phi) is 2.91. The molecule has 1 aromatic heterocycles. The summed E-state index contributed by atoms with van der Waals surface area (Å²) in [5.41, 5.74) is 5.63. The van der Waals surface area contributed by atoms with Crippen molar-refractivity contribution < 1.29 is 9.53 Å². The van der Waals surface area contributed by atoms with Crippen LogP contribution < -0.4 is 15.4 Å². The number of ether oxygens (including phenoxy) is 1. The normalized spacial score (nSPS) is 20.4. The van der Waals surface area contributed by atoms with Crippen molar-refractivity contribution in [3.8, 4) is 5.75 Å². The number of hydrogen-bond donors (Lipinski definition) is 1. The van der Waals surface area contributed by atoms with E-state index in [2.05, 4.69) is 4.98 Å². The molecule has 2 N–H and O–H groups in total. The van der Waals surface area contributed by atoms with Crippen LogP contribution in [0.15, 0.2) is 18.3 Å². The van der Waals surface area contributed by atoms with Gasteiger partial charge in [-0.2, -0.15) is 0 Å². The fourth-order valence-electron chi connectivity index (χ4n) is 1.56. The number of carbonyl (C=O) groups excluding carboxylic acids is 1. The summed E-state index contributed by atoms with van der Waals surface area (Å²) in [5.74, 6) is -0.00701. The van der Waals surface area contributed by atoms with Crippen molar-refractivity contribution in [2.75, 3.05) is 11.5 Å². The van der Waals surface area contributed by atoms with Crippen LogP contribution in [0, 0.1) is 0 Å². The van der Waals surface area contributed by atoms with Crippen LogP contribution >= 0.6 is 0 Å². The van der Waals surface area contributed by atoms with Gasteiger partial charge in [0.15, 0.2) is 11.6 Å². The van der Waals surface area contributed by atoms with Crippen LogP contribution in [0.2, 0.25) is 0 Å². The van der Waals surface area contributed by atoms with Gasteiger partial charge in [-0.05, 0) is 12.1 Å². The van der Waals surface area contributed by atoms with E-state index in [1.54, 1.807) is 12.1 Å². The van der Waals surface area contributed by atoms with E-state index >= 15 is 0 Å². The maximum atomic E-state index is 12.0. The fourth-order valence-corrected chi connectivity index (χ4v) is 1.56. The lowest BCUT2D eigenvalue weighted by Gasteiger charge is -2.36. The molecule has 2 heterocycles. The highest BCUT2D eigenvalue weighted by molar-refractivity contribution is 6.62. The average Bonchev–Trinajstić information content (AvgIpc) is 2.37. The fraction of sp³-hybridized carbons (Fsp3) is 0.333. The third-order valence-electron chi connectivity index (χ3n) is 2.31. The van der Waals surface area contributed by atoms with E-state index in [1.165, 1.54) is 6.20 Å². The van der Waals surface area contributed by atoms with Crippen LogP contribution in [0.25, 0.3) is 0 Å². The molecule has 5 nitrogen and oxygen atoms in total. The summed E-state index contributed by atoms with van der Waals surface area (Å²) < 4.78 is 5.34. The quantitative estimate of drug-likeness (QED) is 0.573. The second kappa shape index (κ2) is 4.11. The van der Waals surface area contributed by atoms with Gasteiger partial charge in [0.1, 0.15) is 12.6 Å². The minimum atomic E-state index is -1.88. The third-order valence-corrected chi connectivity index (χ3v) is 2.31. The second-order valence-electron chi connectivity index (χ2n) is 3.80. The van der Waals surface area contributed by atoms with Gasteiger partial charge in [-0.1, -0.05) is 5.24 Å². The van der Waals surface area contributed by atoms with Crippen LogP contribution in [-0.4, -0.2) is 52.3 Å². The zero-order chi connectivity index (χ0) is 12.6. The number of amides is 1. The van der Waals surface area contributed by atoms with Crippen molar-refractivity contribution in [3.63, 3.8) is 0 Å². The minimum Gasteiger partial charge on any atom is -0.488 e. The first-order valence-corrected chi connectivity index (χ1v) is 4.95. The highest BCUT2D eigenvalue weighted by Gasteiger charge is 2.35. The zero-order valence-corrected chi connectivity index (χ0v) is 9.04. The van der Waals surface area contributed by atoms with Gasteiger partial charge in [0, 0.05) is 6.20 Å². The predicted octanol–water partition coefficient (Wildman–Crippen LogP) is -1.75. The molecule has 1 aliphatic heterocycles. The monoisotopic (exact) mass is 223 g/mol.